The van der Waals surface area contributed by atoms with Gasteiger partial charge in [0.15, 0.2) is 0 Å². The molecule has 1 saturated heterocycles. The van der Waals surface area contributed by atoms with E-state index < -0.39 is 6.36 Å². The largest absolute Gasteiger partial charge is 0.573 e. The van der Waals surface area contributed by atoms with Gasteiger partial charge < -0.3 is 10.1 Å². The van der Waals surface area contributed by atoms with E-state index in [4.69, 9.17) is 0 Å². The van der Waals surface area contributed by atoms with Gasteiger partial charge in [0.25, 0.3) is 0 Å². The molecule has 20 heavy (non-hydrogen) atoms. The molecule has 6 heteroatoms. The molecule has 2 rings (SSSR count). The third-order valence-corrected chi connectivity index (χ3v) is 5.17. The number of halogens is 3. The van der Waals surface area contributed by atoms with Gasteiger partial charge in [-0.05, 0) is 50.3 Å². The van der Waals surface area contributed by atoms with Crippen LogP contribution in [0, 0.1) is 0 Å². The standard InChI is InChI=1S/C14H18F3NOS/c1-13(7-4-8-20-13)12(18-2)10-5-3-6-11(9-10)19-14(15,16)17/h3,5-6,9,12,18H,4,7-8H2,1-2H3. The summed E-state index contributed by atoms with van der Waals surface area (Å²) in [5, 5.41) is 3.23. The molecule has 1 N–H and O–H groups in total. The monoisotopic (exact) mass is 305 g/mol. The second kappa shape index (κ2) is 5.85. The molecule has 0 amide bonds. The van der Waals surface area contributed by atoms with Crippen LogP contribution in [0.4, 0.5) is 13.2 Å². The molecule has 0 spiro atoms. The highest BCUT2D eigenvalue weighted by Gasteiger charge is 2.38. The summed E-state index contributed by atoms with van der Waals surface area (Å²) in [5.74, 6) is 0.926. The van der Waals surface area contributed by atoms with E-state index in [1.54, 1.807) is 6.07 Å². The molecule has 0 radical (unpaired) electrons. The van der Waals surface area contributed by atoms with Crippen molar-refractivity contribution in [1.29, 1.82) is 0 Å². The van der Waals surface area contributed by atoms with E-state index in [0.717, 1.165) is 24.2 Å². The number of nitrogens with one attached hydrogen (secondary N) is 1. The second-order valence-electron chi connectivity index (χ2n) is 5.11. The van der Waals surface area contributed by atoms with Gasteiger partial charge in [0.1, 0.15) is 5.75 Å². The Labute approximate surface area is 121 Å². The van der Waals surface area contributed by atoms with Crippen molar-refractivity contribution in [3.05, 3.63) is 29.8 Å². The highest BCUT2D eigenvalue weighted by Crippen LogP contribution is 2.46. The van der Waals surface area contributed by atoms with E-state index in [1.807, 2.05) is 24.9 Å². The summed E-state index contributed by atoms with van der Waals surface area (Å²) in [6, 6.07) is 6.25. The maximum absolute atomic E-state index is 12.3. The van der Waals surface area contributed by atoms with Crippen molar-refractivity contribution in [2.75, 3.05) is 12.8 Å². The minimum absolute atomic E-state index is 0.00556. The lowest BCUT2D eigenvalue weighted by Gasteiger charge is -2.33. The van der Waals surface area contributed by atoms with Gasteiger partial charge in [-0.15, -0.1) is 13.2 Å². The molecule has 1 aromatic rings. The highest BCUT2D eigenvalue weighted by molar-refractivity contribution is 8.00. The predicted octanol–water partition coefficient (Wildman–Crippen LogP) is 4.13. The van der Waals surface area contributed by atoms with Gasteiger partial charge in [-0.2, -0.15) is 11.8 Å². The molecule has 2 nitrogen and oxygen atoms in total. The molecule has 1 aromatic carbocycles. The van der Waals surface area contributed by atoms with E-state index in [-0.39, 0.29) is 16.5 Å². The smallest absolute Gasteiger partial charge is 0.406 e. The highest BCUT2D eigenvalue weighted by atomic mass is 32.2. The molecule has 0 aliphatic carbocycles. The van der Waals surface area contributed by atoms with Gasteiger partial charge in [0.05, 0.1) is 0 Å². The lowest BCUT2D eigenvalue weighted by molar-refractivity contribution is -0.274. The Balaban J connectivity index is 2.24. The average molecular weight is 305 g/mol. The average Bonchev–Trinajstić information content (AvgIpc) is 2.76. The first-order valence-electron chi connectivity index (χ1n) is 6.51. The van der Waals surface area contributed by atoms with E-state index in [1.165, 1.54) is 12.1 Å². The Morgan fingerprint density at radius 3 is 2.70 bits per heavy atom. The summed E-state index contributed by atoms with van der Waals surface area (Å²) in [4.78, 5) is 0. The lowest BCUT2D eigenvalue weighted by Crippen LogP contribution is -2.35. The fourth-order valence-corrected chi connectivity index (χ4v) is 4.21. The first-order valence-corrected chi connectivity index (χ1v) is 7.49. The van der Waals surface area contributed by atoms with Crippen LogP contribution in [-0.2, 0) is 0 Å². The Kier molecular flexibility index (Phi) is 4.54. The fraction of sp³-hybridized carbons (Fsp3) is 0.571. The number of thioether (sulfide) groups is 1. The van der Waals surface area contributed by atoms with Crippen LogP contribution in [-0.4, -0.2) is 23.9 Å². The predicted molar refractivity (Wildman–Crippen MR) is 75.0 cm³/mol. The normalized spacial score (nSPS) is 24.6. The van der Waals surface area contributed by atoms with Crippen molar-refractivity contribution < 1.29 is 17.9 Å². The molecule has 1 aliphatic rings. The Bertz CT molecular complexity index is 458. The van der Waals surface area contributed by atoms with Crippen LogP contribution >= 0.6 is 11.8 Å². The van der Waals surface area contributed by atoms with Crippen molar-refractivity contribution in [1.82, 2.24) is 5.32 Å². The summed E-state index contributed by atoms with van der Waals surface area (Å²) in [6.07, 6.45) is -2.47. The zero-order valence-electron chi connectivity index (χ0n) is 11.5. The third-order valence-electron chi connectivity index (χ3n) is 3.57. The fourth-order valence-electron chi connectivity index (χ4n) is 2.74. The zero-order chi connectivity index (χ0) is 14.8. The molecular weight excluding hydrogens is 287 g/mol. The molecule has 1 heterocycles. The molecule has 1 fully saturated rings. The molecule has 1 aliphatic heterocycles. The number of rotatable bonds is 4. The van der Waals surface area contributed by atoms with E-state index >= 15 is 0 Å². The van der Waals surface area contributed by atoms with Crippen molar-refractivity contribution >= 4 is 11.8 Å². The number of benzene rings is 1. The molecule has 0 aromatic heterocycles. The van der Waals surface area contributed by atoms with E-state index in [9.17, 15) is 13.2 Å². The van der Waals surface area contributed by atoms with E-state index in [2.05, 4.69) is 17.0 Å². The molecule has 0 saturated carbocycles. The van der Waals surface area contributed by atoms with Gasteiger partial charge in [-0.1, -0.05) is 12.1 Å². The van der Waals surface area contributed by atoms with Crippen molar-refractivity contribution in [2.24, 2.45) is 0 Å². The maximum atomic E-state index is 12.3. The number of ether oxygens (including phenoxy) is 1. The summed E-state index contributed by atoms with van der Waals surface area (Å²) >= 11 is 1.87. The van der Waals surface area contributed by atoms with Gasteiger partial charge in [-0.3, -0.25) is 0 Å². The third kappa shape index (κ3) is 3.61. The summed E-state index contributed by atoms with van der Waals surface area (Å²) < 4.78 is 40.9. The van der Waals surface area contributed by atoms with Gasteiger partial charge in [-0.25, -0.2) is 0 Å². The minimum Gasteiger partial charge on any atom is -0.406 e. The van der Waals surface area contributed by atoms with Crippen LogP contribution in [0.5, 0.6) is 5.75 Å². The molecule has 112 valence electrons. The maximum Gasteiger partial charge on any atom is 0.573 e. The first kappa shape index (κ1) is 15.5. The summed E-state index contributed by atoms with van der Waals surface area (Å²) in [7, 11) is 1.84. The summed E-state index contributed by atoms with van der Waals surface area (Å²) in [5.41, 5.74) is 0.825. The van der Waals surface area contributed by atoms with Crippen molar-refractivity contribution in [2.45, 2.75) is 36.9 Å². The Morgan fingerprint density at radius 1 is 1.40 bits per heavy atom. The number of hydrogen-bond acceptors (Lipinski definition) is 3. The van der Waals surface area contributed by atoms with Crippen molar-refractivity contribution in [3.63, 3.8) is 0 Å². The summed E-state index contributed by atoms with van der Waals surface area (Å²) in [6.45, 7) is 2.16. The molecular formula is C14H18F3NOS. The Morgan fingerprint density at radius 2 is 2.15 bits per heavy atom. The topological polar surface area (TPSA) is 21.3 Å². The van der Waals surface area contributed by atoms with E-state index in [0.29, 0.717) is 0 Å². The molecule has 0 bridgehead atoms. The quantitative estimate of drug-likeness (QED) is 0.903. The molecule has 2 atom stereocenters. The van der Waals surface area contributed by atoms with Crippen LogP contribution in [0.15, 0.2) is 24.3 Å². The number of alkyl halides is 3. The van der Waals surface area contributed by atoms with Crippen LogP contribution in [0.3, 0.4) is 0 Å². The Hall–Kier alpha value is -0.880. The van der Waals surface area contributed by atoms with Crippen LogP contribution < -0.4 is 10.1 Å². The zero-order valence-corrected chi connectivity index (χ0v) is 12.3. The first-order chi connectivity index (χ1) is 9.34. The van der Waals surface area contributed by atoms with Crippen LogP contribution in [0.25, 0.3) is 0 Å². The van der Waals surface area contributed by atoms with Crippen molar-refractivity contribution in [3.8, 4) is 5.75 Å². The van der Waals surface area contributed by atoms with Gasteiger partial charge in [0.2, 0.25) is 0 Å². The number of hydrogen-bond donors (Lipinski definition) is 1. The van der Waals surface area contributed by atoms with Crippen LogP contribution in [0.1, 0.15) is 31.4 Å². The minimum atomic E-state index is -4.65. The van der Waals surface area contributed by atoms with Crippen LogP contribution in [0.2, 0.25) is 0 Å². The van der Waals surface area contributed by atoms with Gasteiger partial charge in [0, 0.05) is 10.8 Å². The SMILES string of the molecule is CNC(c1cccc(OC(F)(F)F)c1)C1(C)CCCS1. The van der Waals surface area contributed by atoms with Gasteiger partial charge >= 0.3 is 6.36 Å². The lowest BCUT2D eigenvalue weighted by atomic mass is 9.90. The second-order valence-corrected chi connectivity index (χ2v) is 6.74. The molecule has 2 unspecified atom stereocenters.